The van der Waals surface area contributed by atoms with E-state index in [1.54, 1.807) is 19.9 Å². The Morgan fingerprint density at radius 2 is 1.89 bits per heavy atom. The molecule has 5 N–H and O–H groups in total. The van der Waals surface area contributed by atoms with Crippen LogP contribution in [0.4, 0.5) is 5.95 Å². The molecule has 0 aliphatic rings. The molecule has 2 aromatic rings. The number of benzene rings is 1. The van der Waals surface area contributed by atoms with Gasteiger partial charge in [-0.1, -0.05) is 12.1 Å². The minimum absolute atomic E-state index is 0.0299. The van der Waals surface area contributed by atoms with Gasteiger partial charge in [-0.3, -0.25) is 0 Å². The first-order valence-electron chi connectivity index (χ1n) is 5.23. The summed E-state index contributed by atoms with van der Waals surface area (Å²) in [6.07, 6.45) is 0. The van der Waals surface area contributed by atoms with Gasteiger partial charge in [0.2, 0.25) is 5.95 Å². The van der Waals surface area contributed by atoms with Crippen LogP contribution in [0.25, 0.3) is 11.4 Å². The van der Waals surface area contributed by atoms with Crippen molar-refractivity contribution in [3.05, 3.63) is 28.8 Å². The van der Waals surface area contributed by atoms with Gasteiger partial charge in [0.15, 0.2) is 5.82 Å². The summed E-state index contributed by atoms with van der Waals surface area (Å²) in [5, 5.41) is 16.8. The van der Waals surface area contributed by atoms with Crippen molar-refractivity contribution in [3.63, 3.8) is 0 Å². The first-order chi connectivity index (χ1) is 8.43. The lowest BCUT2D eigenvalue weighted by molar-refractivity contribution is 0.0697. The van der Waals surface area contributed by atoms with E-state index in [1.165, 1.54) is 0 Å². The van der Waals surface area contributed by atoms with Gasteiger partial charge in [-0.05, 0) is 25.0 Å². The van der Waals surface area contributed by atoms with Gasteiger partial charge in [-0.25, -0.2) is 9.47 Å². The number of carboxylic acid groups (broad SMARTS) is 1. The van der Waals surface area contributed by atoms with Crippen LogP contribution in [0.15, 0.2) is 12.1 Å². The van der Waals surface area contributed by atoms with Crippen molar-refractivity contribution in [3.8, 4) is 11.4 Å². The predicted octanol–water partition coefficient (Wildman–Crippen LogP) is 0.556. The molecule has 7 heteroatoms. The van der Waals surface area contributed by atoms with Crippen molar-refractivity contribution in [1.82, 2.24) is 14.9 Å². The summed E-state index contributed by atoms with van der Waals surface area (Å²) >= 11 is 0. The monoisotopic (exact) mass is 247 g/mol. The summed E-state index contributed by atoms with van der Waals surface area (Å²) in [5.41, 5.74) is 7.49. The average Bonchev–Trinajstić information content (AvgIpc) is 2.62. The Balaban J connectivity index is 2.82. The Labute approximate surface area is 103 Å². The summed E-state index contributed by atoms with van der Waals surface area (Å²) in [4.78, 5) is 11.4. The van der Waals surface area contributed by atoms with E-state index in [9.17, 15) is 9.90 Å². The second-order valence-corrected chi connectivity index (χ2v) is 4.01. The molecular formula is C11H13N5O2. The van der Waals surface area contributed by atoms with Crippen LogP contribution in [0.1, 0.15) is 21.5 Å². The minimum Gasteiger partial charge on any atom is -0.478 e. The van der Waals surface area contributed by atoms with Gasteiger partial charge in [0, 0.05) is 5.56 Å². The number of carbonyl (C=O) groups is 1. The molecule has 94 valence electrons. The van der Waals surface area contributed by atoms with Crippen LogP contribution in [0.2, 0.25) is 0 Å². The van der Waals surface area contributed by atoms with Crippen LogP contribution < -0.4 is 11.6 Å². The van der Waals surface area contributed by atoms with Crippen molar-refractivity contribution < 1.29 is 9.90 Å². The number of hydrogen-bond donors (Lipinski definition) is 3. The van der Waals surface area contributed by atoms with Crippen molar-refractivity contribution in [2.75, 3.05) is 11.6 Å². The highest BCUT2D eigenvalue weighted by Crippen LogP contribution is 2.28. The maximum absolute atomic E-state index is 11.4. The zero-order chi connectivity index (χ0) is 13.4. The molecule has 0 atom stereocenters. The molecule has 0 spiro atoms. The zero-order valence-corrected chi connectivity index (χ0v) is 10.0. The number of nitrogen functional groups attached to an aromatic ring is 2. The molecule has 2 rings (SSSR count). The van der Waals surface area contributed by atoms with Crippen LogP contribution >= 0.6 is 0 Å². The molecule has 0 saturated carbocycles. The quantitative estimate of drug-likeness (QED) is 0.667. The van der Waals surface area contributed by atoms with Gasteiger partial charge in [0.1, 0.15) is 0 Å². The second kappa shape index (κ2) is 4.02. The lowest BCUT2D eigenvalue weighted by Crippen LogP contribution is -2.15. The Morgan fingerprint density at radius 1 is 1.28 bits per heavy atom. The fourth-order valence-electron chi connectivity index (χ4n) is 1.85. The Kier molecular flexibility index (Phi) is 2.66. The molecule has 1 aromatic heterocycles. The summed E-state index contributed by atoms with van der Waals surface area (Å²) < 4.78 is 1.08. The molecule has 0 bridgehead atoms. The SMILES string of the molecule is Cc1ccc(C)c(-c2nnc(N)n2N)c1C(=O)O. The molecule has 0 fully saturated rings. The van der Waals surface area contributed by atoms with Gasteiger partial charge in [0.25, 0.3) is 0 Å². The Morgan fingerprint density at radius 3 is 2.39 bits per heavy atom. The minimum atomic E-state index is -1.03. The molecule has 0 aliphatic heterocycles. The lowest BCUT2D eigenvalue weighted by atomic mass is 9.97. The predicted molar refractivity (Wildman–Crippen MR) is 66.5 cm³/mol. The van der Waals surface area contributed by atoms with E-state index in [2.05, 4.69) is 10.2 Å². The van der Waals surface area contributed by atoms with E-state index in [0.717, 1.165) is 10.2 Å². The molecule has 0 unspecified atom stereocenters. The molecule has 18 heavy (non-hydrogen) atoms. The van der Waals surface area contributed by atoms with Crippen molar-refractivity contribution in [1.29, 1.82) is 0 Å². The zero-order valence-electron chi connectivity index (χ0n) is 10.0. The Bertz CT molecular complexity index is 633. The first kappa shape index (κ1) is 11.9. The molecule has 1 heterocycles. The maximum atomic E-state index is 11.4. The van der Waals surface area contributed by atoms with Crippen molar-refractivity contribution >= 4 is 11.9 Å². The Hall–Kier alpha value is -2.57. The van der Waals surface area contributed by atoms with E-state index in [4.69, 9.17) is 11.6 Å². The third kappa shape index (κ3) is 1.65. The number of rotatable bonds is 2. The van der Waals surface area contributed by atoms with Crippen LogP contribution in [0.3, 0.4) is 0 Å². The highest BCUT2D eigenvalue weighted by molar-refractivity contribution is 5.97. The van der Waals surface area contributed by atoms with Crippen LogP contribution in [-0.4, -0.2) is 25.9 Å². The summed E-state index contributed by atoms with van der Waals surface area (Å²) in [6, 6.07) is 3.55. The smallest absolute Gasteiger partial charge is 0.336 e. The molecule has 1 aromatic carbocycles. The maximum Gasteiger partial charge on any atom is 0.336 e. The average molecular weight is 247 g/mol. The fraction of sp³-hybridized carbons (Fsp3) is 0.182. The van der Waals surface area contributed by atoms with Gasteiger partial charge in [-0.2, -0.15) is 0 Å². The molecule has 0 amide bonds. The van der Waals surface area contributed by atoms with Crippen LogP contribution in [0, 0.1) is 13.8 Å². The molecule has 7 nitrogen and oxygen atoms in total. The summed E-state index contributed by atoms with van der Waals surface area (Å²) in [5.74, 6) is 4.93. The first-order valence-corrected chi connectivity index (χ1v) is 5.23. The highest BCUT2D eigenvalue weighted by Gasteiger charge is 2.21. The largest absolute Gasteiger partial charge is 0.478 e. The molecule has 0 aliphatic carbocycles. The van der Waals surface area contributed by atoms with E-state index in [0.29, 0.717) is 11.1 Å². The number of aromatic nitrogens is 3. The number of aryl methyl sites for hydroxylation is 2. The van der Waals surface area contributed by atoms with E-state index in [-0.39, 0.29) is 17.3 Å². The van der Waals surface area contributed by atoms with E-state index in [1.807, 2.05) is 6.07 Å². The lowest BCUT2D eigenvalue weighted by Gasteiger charge is -2.11. The normalized spacial score (nSPS) is 10.6. The summed E-state index contributed by atoms with van der Waals surface area (Å²) in [6.45, 7) is 3.50. The van der Waals surface area contributed by atoms with Gasteiger partial charge in [0.05, 0.1) is 5.56 Å². The van der Waals surface area contributed by atoms with Crippen molar-refractivity contribution in [2.24, 2.45) is 0 Å². The number of nitrogens with zero attached hydrogens (tertiary/aromatic N) is 3. The van der Waals surface area contributed by atoms with Crippen LogP contribution in [0.5, 0.6) is 0 Å². The highest BCUT2D eigenvalue weighted by atomic mass is 16.4. The molecule has 0 saturated heterocycles. The van der Waals surface area contributed by atoms with Crippen molar-refractivity contribution in [2.45, 2.75) is 13.8 Å². The van der Waals surface area contributed by atoms with Gasteiger partial charge >= 0.3 is 5.97 Å². The number of anilines is 1. The number of carboxylic acids is 1. The third-order valence-corrected chi connectivity index (χ3v) is 2.78. The van der Waals surface area contributed by atoms with Gasteiger partial charge < -0.3 is 16.7 Å². The third-order valence-electron chi connectivity index (χ3n) is 2.78. The molecular weight excluding hydrogens is 234 g/mol. The van der Waals surface area contributed by atoms with E-state index >= 15 is 0 Å². The molecule has 0 radical (unpaired) electrons. The van der Waals surface area contributed by atoms with E-state index < -0.39 is 5.97 Å². The fourth-order valence-corrected chi connectivity index (χ4v) is 1.85. The number of nitrogens with two attached hydrogens (primary N) is 2. The second-order valence-electron chi connectivity index (χ2n) is 4.01. The number of aromatic carboxylic acids is 1. The summed E-state index contributed by atoms with van der Waals surface area (Å²) in [7, 11) is 0. The topological polar surface area (TPSA) is 120 Å². The standard InChI is InChI=1S/C11H13N5O2/c1-5-3-4-6(2)8(10(17)18)7(5)9-14-15-11(12)16(9)13/h3-4H,13H2,1-2H3,(H2,12,15)(H,17,18). The van der Waals surface area contributed by atoms with Gasteiger partial charge in [-0.15, -0.1) is 10.2 Å². The number of hydrogen-bond acceptors (Lipinski definition) is 5. The van der Waals surface area contributed by atoms with Crippen LogP contribution in [-0.2, 0) is 0 Å².